The molecule has 2 aromatic carbocycles. The third-order valence-corrected chi connectivity index (χ3v) is 6.34. The zero-order chi connectivity index (χ0) is 22.9. The van der Waals surface area contributed by atoms with E-state index in [1.807, 2.05) is 37.1 Å². The number of fused-ring (bicyclic) bond motifs is 1. The summed E-state index contributed by atoms with van der Waals surface area (Å²) in [5, 5.41) is 6.80. The number of halogens is 1. The van der Waals surface area contributed by atoms with Crippen molar-refractivity contribution >= 4 is 34.9 Å². The highest BCUT2D eigenvalue weighted by Crippen LogP contribution is 2.47. The van der Waals surface area contributed by atoms with Crippen molar-refractivity contribution in [1.82, 2.24) is 5.32 Å². The number of nitrogens with zero attached hydrogens (tertiary/aromatic N) is 1. The predicted octanol–water partition coefficient (Wildman–Crippen LogP) is 4.43. The minimum atomic E-state index is -0.419. The second-order valence-electron chi connectivity index (χ2n) is 8.72. The van der Waals surface area contributed by atoms with E-state index in [1.54, 1.807) is 13.1 Å². The van der Waals surface area contributed by atoms with E-state index in [0.29, 0.717) is 10.6 Å². The van der Waals surface area contributed by atoms with E-state index in [4.69, 9.17) is 16.3 Å². The van der Waals surface area contributed by atoms with Gasteiger partial charge in [0.1, 0.15) is 6.04 Å². The fourth-order valence-electron chi connectivity index (χ4n) is 4.24. The molecule has 1 aliphatic rings. The molecule has 2 atom stereocenters. The second kappa shape index (κ2) is 8.79. The van der Waals surface area contributed by atoms with Crippen LogP contribution >= 0.6 is 11.6 Å². The van der Waals surface area contributed by atoms with Crippen LogP contribution in [-0.4, -0.2) is 39.1 Å². The number of likely N-dealkylation sites (N-methyl/N-ethyl adjacent to an activating group) is 2. The molecule has 0 aromatic heterocycles. The topological polar surface area (TPSA) is 70.7 Å². The zero-order valence-electron chi connectivity index (χ0n) is 18.9. The van der Waals surface area contributed by atoms with Crippen LogP contribution in [0.2, 0.25) is 5.02 Å². The number of hydrogen-bond donors (Lipinski definition) is 2. The van der Waals surface area contributed by atoms with Crippen LogP contribution in [0.15, 0.2) is 36.4 Å². The lowest BCUT2D eigenvalue weighted by Gasteiger charge is -2.42. The first-order valence-corrected chi connectivity index (χ1v) is 10.7. The quantitative estimate of drug-likeness (QED) is 0.669. The van der Waals surface area contributed by atoms with Crippen molar-refractivity contribution in [1.29, 1.82) is 0 Å². The van der Waals surface area contributed by atoms with Gasteiger partial charge < -0.3 is 20.3 Å². The van der Waals surface area contributed by atoms with Crippen LogP contribution in [0.25, 0.3) is 0 Å². The standard InChI is InChI=1S/C24H30ClN3O3/c1-14(22(29)26-4)28(5)18-9-7-8-15(11-18)21-24(2,3)13-16-10-17(25)12-19(20(16)27-21)23(30)31-6/h7-12,14,21,27H,13H2,1-6H3,(H,26,29). The summed E-state index contributed by atoms with van der Waals surface area (Å²) in [6.45, 7) is 6.25. The molecule has 0 saturated heterocycles. The Balaban J connectivity index is 2.01. The Hall–Kier alpha value is -2.73. The molecule has 2 unspecified atom stereocenters. The number of benzene rings is 2. The summed E-state index contributed by atoms with van der Waals surface area (Å²) in [5.41, 5.74) is 4.08. The summed E-state index contributed by atoms with van der Waals surface area (Å²) in [4.78, 5) is 26.4. The first-order valence-electron chi connectivity index (χ1n) is 10.3. The molecule has 31 heavy (non-hydrogen) atoms. The SMILES string of the molecule is CNC(=O)C(C)N(C)c1cccc(C2Nc3c(cc(Cl)cc3C(=O)OC)CC2(C)C)c1. The Morgan fingerprint density at radius 3 is 2.65 bits per heavy atom. The lowest BCUT2D eigenvalue weighted by atomic mass is 9.72. The van der Waals surface area contributed by atoms with E-state index >= 15 is 0 Å². The van der Waals surface area contributed by atoms with Gasteiger partial charge in [-0.2, -0.15) is 0 Å². The maximum absolute atomic E-state index is 12.4. The number of anilines is 2. The first kappa shape index (κ1) is 22.9. The second-order valence-corrected chi connectivity index (χ2v) is 9.15. The molecule has 6 nitrogen and oxygen atoms in total. The van der Waals surface area contributed by atoms with Crippen molar-refractivity contribution in [3.63, 3.8) is 0 Å². The normalized spacial score (nSPS) is 17.7. The minimum absolute atomic E-state index is 0.0439. The number of methoxy groups -OCH3 is 1. The van der Waals surface area contributed by atoms with Crippen molar-refractivity contribution in [2.24, 2.45) is 5.41 Å². The number of rotatable bonds is 5. The van der Waals surface area contributed by atoms with E-state index in [1.165, 1.54) is 7.11 Å². The van der Waals surface area contributed by atoms with Crippen LogP contribution in [0, 0.1) is 5.41 Å². The van der Waals surface area contributed by atoms with Crippen LogP contribution < -0.4 is 15.5 Å². The molecule has 0 spiro atoms. The first-order chi connectivity index (χ1) is 14.6. The van der Waals surface area contributed by atoms with Gasteiger partial charge in [0.05, 0.1) is 24.4 Å². The number of amides is 1. The molecule has 0 aliphatic carbocycles. The van der Waals surface area contributed by atoms with Crippen molar-refractivity contribution in [3.05, 3.63) is 58.1 Å². The van der Waals surface area contributed by atoms with Crippen LogP contribution in [-0.2, 0) is 16.0 Å². The third-order valence-electron chi connectivity index (χ3n) is 6.12. The lowest BCUT2D eigenvalue weighted by Crippen LogP contribution is -2.42. The number of carbonyl (C=O) groups is 2. The molecule has 0 saturated carbocycles. The summed E-state index contributed by atoms with van der Waals surface area (Å²) < 4.78 is 4.98. The molecular formula is C24H30ClN3O3. The molecular weight excluding hydrogens is 414 g/mol. The monoisotopic (exact) mass is 443 g/mol. The molecule has 2 N–H and O–H groups in total. The highest BCUT2D eigenvalue weighted by molar-refractivity contribution is 6.31. The van der Waals surface area contributed by atoms with Crippen LogP contribution in [0.5, 0.6) is 0 Å². The molecule has 7 heteroatoms. The van der Waals surface area contributed by atoms with Crippen molar-refractivity contribution in [3.8, 4) is 0 Å². The van der Waals surface area contributed by atoms with Crippen molar-refractivity contribution in [2.75, 3.05) is 31.4 Å². The van der Waals surface area contributed by atoms with Gasteiger partial charge in [-0.3, -0.25) is 4.79 Å². The van der Waals surface area contributed by atoms with Crippen LogP contribution in [0.3, 0.4) is 0 Å². The molecule has 3 rings (SSSR count). The summed E-state index contributed by atoms with van der Waals surface area (Å²) in [7, 11) is 4.91. The van der Waals surface area contributed by atoms with Gasteiger partial charge in [0.2, 0.25) is 5.91 Å². The summed E-state index contributed by atoms with van der Waals surface area (Å²) in [6, 6.07) is 11.3. The number of ether oxygens (including phenoxy) is 1. The zero-order valence-corrected chi connectivity index (χ0v) is 19.6. The molecule has 0 radical (unpaired) electrons. The average Bonchev–Trinajstić information content (AvgIpc) is 2.75. The fourth-order valence-corrected chi connectivity index (χ4v) is 4.48. The van der Waals surface area contributed by atoms with E-state index in [2.05, 4.69) is 36.6 Å². The van der Waals surface area contributed by atoms with Crippen LogP contribution in [0.4, 0.5) is 11.4 Å². The van der Waals surface area contributed by atoms with Gasteiger partial charge in [-0.05, 0) is 54.2 Å². The van der Waals surface area contributed by atoms with Gasteiger partial charge in [-0.1, -0.05) is 37.6 Å². The van der Waals surface area contributed by atoms with Gasteiger partial charge in [0.15, 0.2) is 0 Å². The number of carbonyl (C=O) groups excluding carboxylic acids is 2. The summed E-state index contributed by atoms with van der Waals surface area (Å²) in [6.07, 6.45) is 0.749. The molecule has 1 aliphatic heterocycles. The van der Waals surface area contributed by atoms with E-state index in [0.717, 1.165) is 28.9 Å². The molecule has 1 heterocycles. The number of nitrogens with one attached hydrogen (secondary N) is 2. The lowest BCUT2D eigenvalue weighted by molar-refractivity contribution is -0.121. The molecule has 2 aromatic rings. The van der Waals surface area contributed by atoms with E-state index in [-0.39, 0.29) is 23.4 Å². The fraction of sp³-hybridized carbons (Fsp3) is 0.417. The van der Waals surface area contributed by atoms with Gasteiger partial charge in [-0.15, -0.1) is 0 Å². The van der Waals surface area contributed by atoms with Crippen molar-refractivity contribution in [2.45, 2.75) is 39.3 Å². The predicted molar refractivity (Wildman–Crippen MR) is 125 cm³/mol. The van der Waals surface area contributed by atoms with Gasteiger partial charge in [0.25, 0.3) is 0 Å². The third kappa shape index (κ3) is 4.49. The molecule has 1 amide bonds. The Kier molecular flexibility index (Phi) is 6.51. The van der Waals surface area contributed by atoms with Gasteiger partial charge in [-0.25, -0.2) is 4.79 Å². The Morgan fingerprint density at radius 2 is 2.00 bits per heavy atom. The number of esters is 1. The average molecular weight is 444 g/mol. The Bertz CT molecular complexity index is 1010. The van der Waals surface area contributed by atoms with E-state index < -0.39 is 5.97 Å². The molecule has 166 valence electrons. The summed E-state index contributed by atoms with van der Waals surface area (Å²) >= 11 is 6.28. The van der Waals surface area contributed by atoms with Crippen molar-refractivity contribution < 1.29 is 14.3 Å². The number of hydrogen-bond acceptors (Lipinski definition) is 5. The van der Waals surface area contributed by atoms with Crippen LogP contribution in [0.1, 0.15) is 48.3 Å². The highest BCUT2D eigenvalue weighted by atomic mass is 35.5. The largest absolute Gasteiger partial charge is 0.465 e. The smallest absolute Gasteiger partial charge is 0.340 e. The molecule has 0 fully saturated rings. The Labute approximate surface area is 188 Å². The highest BCUT2D eigenvalue weighted by Gasteiger charge is 2.38. The molecule has 0 bridgehead atoms. The maximum Gasteiger partial charge on any atom is 0.340 e. The van der Waals surface area contributed by atoms with Gasteiger partial charge >= 0.3 is 5.97 Å². The summed E-state index contributed by atoms with van der Waals surface area (Å²) in [5.74, 6) is -0.463. The van der Waals surface area contributed by atoms with E-state index in [9.17, 15) is 9.59 Å². The minimum Gasteiger partial charge on any atom is -0.465 e. The maximum atomic E-state index is 12.4. The van der Waals surface area contributed by atoms with Gasteiger partial charge in [0, 0.05) is 24.8 Å². The Morgan fingerprint density at radius 1 is 1.29 bits per heavy atom.